The molecule has 0 N–H and O–H groups in total. The monoisotopic (exact) mass is 130 g/mol. The van der Waals surface area contributed by atoms with E-state index in [2.05, 4.69) is 6.58 Å². The van der Waals surface area contributed by atoms with Gasteiger partial charge in [-0.15, -0.1) is 6.58 Å². The largest absolute Gasteiger partial charge is 0.359 e. The van der Waals surface area contributed by atoms with E-state index >= 15 is 0 Å². The van der Waals surface area contributed by atoms with Crippen molar-refractivity contribution < 1.29 is 9.47 Å². The second-order valence-corrected chi connectivity index (χ2v) is 1.91. The summed E-state index contributed by atoms with van der Waals surface area (Å²) in [7, 11) is 1.61. The molecule has 1 atom stereocenters. The van der Waals surface area contributed by atoms with Gasteiger partial charge in [-0.05, 0) is 13.3 Å². The van der Waals surface area contributed by atoms with Crippen LogP contribution >= 0.6 is 0 Å². The van der Waals surface area contributed by atoms with Crippen LogP contribution in [0.1, 0.15) is 13.3 Å². The Balaban J connectivity index is 3.04. The molecule has 0 spiro atoms. The molecule has 0 saturated heterocycles. The van der Waals surface area contributed by atoms with E-state index < -0.39 is 0 Å². The molecule has 0 aliphatic carbocycles. The van der Waals surface area contributed by atoms with Crippen molar-refractivity contribution in [1.82, 2.24) is 0 Å². The molecular formula is C7H14O2. The average molecular weight is 130 g/mol. The Morgan fingerprint density at radius 3 is 2.78 bits per heavy atom. The summed E-state index contributed by atoms with van der Waals surface area (Å²) in [4.78, 5) is 0. The third-order valence-electron chi connectivity index (χ3n) is 0.969. The van der Waals surface area contributed by atoms with Crippen LogP contribution in [0.5, 0.6) is 0 Å². The van der Waals surface area contributed by atoms with Gasteiger partial charge >= 0.3 is 0 Å². The molecule has 0 fully saturated rings. The van der Waals surface area contributed by atoms with Crippen molar-refractivity contribution in [3.8, 4) is 0 Å². The smallest absolute Gasteiger partial charge is 0.146 e. The van der Waals surface area contributed by atoms with Crippen LogP contribution in [-0.4, -0.2) is 20.0 Å². The first-order valence-electron chi connectivity index (χ1n) is 3.02. The summed E-state index contributed by atoms with van der Waals surface area (Å²) in [6, 6.07) is 0. The summed E-state index contributed by atoms with van der Waals surface area (Å²) in [5.41, 5.74) is 0. The Bertz CT molecular complexity index is 71.3. The van der Waals surface area contributed by atoms with Crippen molar-refractivity contribution in [3.05, 3.63) is 12.7 Å². The van der Waals surface area contributed by atoms with Gasteiger partial charge in [-0.1, -0.05) is 6.08 Å². The quantitative estimate of drug-likeness (QED) is 0.415. The predicted octanol–water partition coefficient (Wildman–Crippen LogP) is 1.57. The van der Waals surface area contributed by atoms with Crippen LogP contribution in [-0.2, 0) is 9.47 Å². The summed E-state index contributed by atoms with van der Waals surface area (Å²) < 4.78 is 9.84. The highest BCUT2D eigenvalue weighted by atomic mass is 16.7. The summed E-state index contributed by atoms with van der Waals surface area (Å²) >= 11 is 0. The first-order chi connectivity index (χ1) is 4.31. The lowest BCUT2D eigenvalue weighted by Gasteiger charge is -2.08. The van der Waals surface area contributed by atoms with Crippen LogP contribution in [0.4, 0.5) is 0 Å². The van der Waals surface area contributed by atoms with Crippen LogP contribution in [0, 0.1) is 0 Å². The second kappa shape index (κ2) is 5.79. The first kappa shape index (κ1) is 8.66. The molecule has 9 heavy (non-hydrogen) atoms. The van der Waals surface area contributed by atoms with Gasteiger partial charge in [0.15, 0.2) is 0 Å². The topological polar surface area (TPSA) is 18.5 Å². The van der Waals surface area contributed by atoms with Crippen molar-refractivity contribution in [3.63, 3.8) is 0 Å². The minimum absolute atomic E-state index is 0.224. The maximum Gasteiger partial charge on any atom is 0.146 e. The van der Waals surface area contributed by atoms with E-state index in [1.807, 2.05) is 13.0 Å². The minimum atomic E-state index is 0.224. The van der Waals surface area contributed by atoms with E-state index in [1.54, 1.807) is 7.11 Å². The summed E-state index contributed by atoms with van der Waals surface area (Å²) in [6.45, 7) is 5.94. The standard InChI is InChI=1S/C7H14O2/c1-4-5-7(2)9-6-8-3/h4,7H,1,5-6H2,2-3H3. The maximum atomic E-state index is 5.14. The highest BCUT2D eigenvalue weighted by Crippen LogP contribution is 1.96. The molecule has 0 aliphatic heterocycles. The predicted molar refractivity (Wildman–Crippen MR) is 37.2 cm³/mol. The number of hydrogen-bond acceptors (Lipinski definition) is 2. The number of methoxy groups -OCH3 is 1. The Hall–Kier alpha value is -0.340. The van der Waals surface area contributed by atoms with Crippen LogP contribution in [0.25, 0.3) is 0 Å². The van der Waals surface area contributed by atoms with Gasteiger partial charge in [-0.25, -0.2) is 0 Å². The van der Waals surface area contributed by atoms with E-state index in [-0.39, 0.29) is 6.10 Å². The molecule has 0 heterocycles. The van der Waals surface area contributed by atoms with E-state index in [1.165, 1.54) is 0 Å². The van der Waals surface area contributed by atoms with Crippen LogP contribution in [0.2, 0.25) is 0 Å². The van der Waals surface area contributed by atoms with Gasteiger partial charge < -0.3 is 9.47 Å². The van der Waals surface area contributed by atoms with Gasteiger partial charge in [0.1, 0.15) is 6.79 Å². The molecule has 2 nitrogen and oxygen atoms in total. The summed E-state index contributed by atoms with van der Waals surface area (Å²) in [6.07, 6.45) is 2.94. The molecule has 0 aromatic heterocycles. The highest BCUT2D eigenvalue weighted by molar-refractivity contribution is 4.69. The molecule has 0 aliphatic rings. The van der Waals surface area contributed by atoms with Gasteiger partial charge in [0.05, 0.1) is 6.10 Å². The molecule has 1 unspecified atom stereocenters. The summed E-state index contributed by atoms with van der Waals surface area (Å²) in [5.74, 6) is 0. The van der Waals surface area contributed by atoms with Crippen molar-refractivity contribution >= 4 is 0 Å². The molecule has 0 radical (unpaired) electrons. The number of rotatable bonds is 5. The third kappa shape index (κ3) is 5.53. The summed E-state index contributed by atoms with van der Waals surface area (Å²) in [5, 5.41) is 0. The lowest BCUT2D eigenvalue weighted by Crippen LogP contribution is -2.08. The van der Waals surface area contributed by atoms with Crippen molar-refractivity contribution in [2.24, 2.45) is 0 Å². The molecule has 0 amide bonds. The SMILES string of the molecule is C=CCC(C)OCOC. The first-order valence-corrected chi connectivity index (χ1v) is 3.02. The van der Waals surface area contributed by atoms with E-state index in [9.17, 15) is 0 Å². The van der Waals surface area contributed by atoms with Crippen molar-refractivity contribution in [2.75, 3.05) is 13.9 Å². The van der Waals surface area contributed by atoms with Crippen LogP contribution < -0.4 is 0 Å². The Morgan fingerprint density at radius 1 is 1.67 bits per heavy atom. The molecule has 0 bridgehead atoms. The van der Waals surface area contributed by atoms with Gasteiger partial charge in [-0.3, -0.25) is 0 Å². The highest BCUT2D eigenvalue weighted by Gasteiger charge is 1.95. The number of hydrogen-bond donors (Lipinski definition) is 0. The second-order valence-electron chi connectivity index (χ2n) is 1.91. The lowest BCUT2D eigenvalue weighted by atomic mass is 10.3. The van der Waals surface area contributed by atoms with Crippen LogP contribution in [0.3, 0.4) is 0 Å². The van der Waals surface area contributed by atoms with E-state index in [4.69, 9.17) is 9.47 Å². The van der Waals surface area contributed by atoms with Crippen molar-refractivity contribution in [2.45, 2.75) is 19.4 Å². The Morgan fingerprint density at radius 2 is 2.33 bits per heavy atom. The molecule has 0 saturated carbocycles. The van der Waals surface area contributed by atoms with Gasteiger partial charge in [0.25, 0.3) is 0 Å². The molecular weight excluding hydrogens is 116 g/mol. The fourth-order valence-corrected chi connectivity index (χ4v) is 0.487. The van der Waals surface area contributed by atoms with Crippen LogP contribution in [0.15, 0.2) is 12.7 Å². The fourth-order valence-electron chi connectivity index (χ4n) is 0.487. The van der Waals surface area contributed by atoms with E-state index in [0.29, 0.717) is 6.79 Å². The fraction of sp³-hybridized carbons (Fsp3) is 0.714. The maximum absolute atomic E-state index is 5.14. The molecule has 0 aromatic rings. The molecule has 0 aromatic carbocycles. The molecule has 0 rings (SSSR count). The zero-order valence-electron chi connectivity index (χ0n) is 6.09. The van der Waals surface area contributed by atoms with E-state index in [0.717, 1.165) is 6.42 Å². The average Bonchev–Trinajstić information content (AvgIpc) is 1.85. The van der Waals surface area contributed by atoms with Crippen molar-refractivity contribution in [1.29, 1.82) is 0 Å². The third-order valence-corrected chi connectivity index (χ3v) is 0.969. The molecule has 54 valence electrons. The molecule has 2 heteroatoms. The Labute approximate surface area is 56.5 Å². The lowest BCUT2D eigenvalue weighted by molar-refractivity contribution is -0.0637. The van der Waals surface area contributed by atoms with Gasteiger partial charge in [-0.2, -0.15) is 0 Å². The minimum Gasteiger partial charge on any atom is -0.359 e. The van der Waals surface area contributed by atoms with Gasteiger partial charge in [0.2, 0.25) is 0 Å². The normalized spacial score (nSPS) is 13.1. The zero-order valence-corrected chi connectivity index (χ0v) is 6.09. The zero-order chi connectivity index (χ0) is 7.11. The number of ether oxygens (including phenoxy) is 2. The Kier molecular flexibility index (Phi) is 5.57. The van der Waals surface area contributed by atoms with Gasteiger partial charge in [0, 0.05) is 7.11 Å².